The van der Waals surface area contributed by atoms with E-state index in [1.165, 1.54) is 12.1 Å². The van der Waals surface area contributed by atoms with E-state index in [0.717, 1.165) is 25.7 Å². The number of amides is 1. The van der Waals surface area contributed by atoms with E-state index >= 15 is 0 Å². The number of carbonyl (C=O) groups is 1. The van der Waals surface area contributed by atoms with Gasteiger partial charge in [-0.1, -0.05) is 35.7 Å². The number of nitrogens with zero attached hydrogens (tertiary/aromatic N) is 3. The first-order valence-electron chi connectivity index (χ1n) is 9.19. The Morgan fingerprint density at radius 1 is 1.41 bits per heavy atom. The number of hydrogen-bond acceptors (Lipinski definition) is 5. The third kappa shape index (κ3) is 3.82. The molecule has 144 valence electrons. The van der Waals surface area contributed by atoms with Gasteiger partial charge >= 0.3 is 0 Å². The zero-order valence-electron chi connectivity index (χ0n) is 14.8. The van der Waals surface area contributed by atoms with E-state index in [-0.39, 0.29) is 28.3 Å². The van der Waals surface area contributed by atoms with Gasteiger partial charge in [0.15, 0.2) is 0 Å². The van der Waals surface area contributed by atoms with Crippen LogP contribution in [0.2, 0.25) is 5.02 Å². The Balaban J connectivity index is 1.54. The van der Waals surface area contributed by atoms with Crippen LogP contribution in [-0.4, -0.2) is 38.7 Å². The molecule has 2 aliphatic rings. The fourth-order valence-electron chi connectivity index (χ4n) is 4.16. The smallest absolute Gasteiger partial charge is 0.224 e. The maximum Gasteiger partial charge on any atom is 0.224 e. The predicted molar refractivity (Wildman–Crippen MR) is 95.4 cm³/mol. The van der Waals surface area contributed by atoms with Gasteiger partial charge in [-0.25, -0.2) is 4.39 Å². The molecule has 1 spiro atoms. The molecule has 2 N–H and O–H groups in total. The lowest BCUT2D eigenvalue weighted by molar-refractivity contribution is -0.138. The van der Waals surface area contributed by atoms with Gasteiger partial charge in [-0.3, -0.25) is 4.79 Å². The number of benzene rings is 1. The van der Waals surface area contributed by atoms with Crippen molar-refractivity contribution in [3.8, 4) is 0 Å². The Hall–Kier alpha value is -2.06. The van der Waals surface area contributed by atoms with Gasteiger partial charge in [0.25, 0.3) is 0 Å². The second-order valence-electron chi connectivity index (χ2n) is 7.31. The Morgan fingerprint density at radius 3 is 2.93 bits per heavy atom. The van der Waals surface area contributed by atoms with Crippen LogP contribution in [0.5, 0.6) is 0 Å². The molecule has 1 aliphatic heterocycles. The van der Waals surface area contributed by atoms with Crippen molar-refractivity contribution in [2.24, 2.45) is 5.92 Å². The van der Waals surface area contributed by atoms with Crippen molar-refractivity contribution in [2.75, 3.05) is 6.61 Å². The monoisotopic (exact) mass is 393 g/mol. The van der Waals surface area contributed by atoms with Crippen LogP contribution >= 0.6 is 11.6 Å². The lowest BCUT2D eigenvalue weighted by Crippen LogP contribution is -2.44. The minimum atomic E-state index is -0.703. The van der Waals surface area contributed by atoms with Gasteiger partial charge in [-0.15, -0.1) is 10.2 Å². The van der Waals surface area contributed by atoms with Gasteiger partial charge in [-0.05, 0) is 43.4 Å². The molecule has 2 aromatic rings. The number of nitrogens with one attached hydrogen (secondary N) is 2. The minimum Gasteiger partial charge on any atom is -0.375 e. The maximum absolute atomic E-state index is 13.9. The van der Waals surface area contributed by atoms with Crippen molar-refractivity contribution in [1.29, 1.82) is 0 Å². The molecule has 1 saturated carbocycles. The third-order valence-electron chi connectivity index (χ3n) is 5.56. The summed E-state index contributed by atoms with van der Waals surface area (Å²) in [6.07, 6.45) is 5.68. The predicted octanol–water partition coefficient (Wildman–Crippen LogP) is 2.94. The quantitative estimate of drug-likeness (QED) is 0.833. The fourth-order valence-corrected chi connectivity index (χ4v) is 4.28. The molecular weight excluding hydrogens is 373 g/mol. The second kappa shape index (κ2) is 7.52. The first-order chi connectivity index (χ1) is 13.1. The largest absolute Gasteiger partial charge is 0.375 e. The van der Waals surface area contributed by atoms with Gasteiger partial charge in [-0.2, -0.15) is 5.21 Å². The van der Waals surface area contributed by atoms with Crippen LogP contribution in [0, 0.1) is 11.7 Å². The summed E-state index contributed by atoms with van der Waals surface area (Å²) in [7, 11) is 0. The SMILES string of the molecule is O=C(NC(c1ccc(Cl)c(F)c1)c1nn[nH]n1)C1CCOC2(CCCC2)C1. The average molecular weight is 394 g/mol. The summed E-state index contributed by atoms with van der Waals surface area (Å²) in [5, 5.41) is 16.9. The Labute approximate surface area is 161 Å². The highest BCUT2D eigenvalue weighted by atomic mass is 35.5. The Morgan fingerprint density at radius 2 is 2.22 bits per heavy atom. The van der Waals surface area contributed by atoms with E-state index in [4.69, 9.17) is 16.3 Å². The van der Waals surface area contributed by atoms with E-state index in [2.05, 4.69) is 25.9 Å². The molecule has 1 saturated heterocycles. The Kier molecular flexibility index (Phi) is 5.10. The Bertz CT molecular complexity index is 810. The topological polar surface area (TPSA) is 92.8 Å². The first-order valence-corrected chi connectivity index (χ1v) is 9.57. The summed E-state index contributed by atoms with van der Waals surface area (Å²) < 4.78 is 20.0. The van der Waals surface area contributed by atoms with Crippen LogP contribution in [0.25, 0.3) is 0 Å². The van der Waals surface area contributed by atoms with Crippen molar-refractivity contribution in [3.63, 3.8) is 0 Å². The van der Waals surface area contributed by atoms with E-state index in [1.54, 1.807) is 6.07 Å². The summed E-state index contributed by atoms with van der Waals surface area (Å²) in [6.45, 7) is 0.584. The molecule has 1 amide bonds. The molecule has 1 aromatic carbocycles. The highest BCUT2D eigenvalue weighted by Crippen LogP contribution is 2.42. The van der Waals surface area contributed by atoms with Gasteiger partial charge in [0, 0.05) is 12.5 Å². The van der Waals surface area contributed by atoms with Crippen LogP contribution in [0.3, 0.4) is 0 Å². The lowest BCUT2D eigenvalue weighted by Gasteiger charge is -2.38. The number of H-pyrrole nitrogens is 1. The van der Waals surface area contributed by atoms with Crippen molar-refractivity contribution < 1.29 is 13.9 Å². The molecule has 4 rings (SSSR count). The highest BCUT2D eigenvalue weighted by molar-refractivity contribution is 6.30. The number of tetrazole rings is 1. The molecule has 7 nitrogen and oxygen atoms in total. The van der Waals surface area contributed by atoms with E-state index in [9.17, 15) is 9.18 Å². The molecule has 1 aliphatic carbocycles. The summed E-state index contributed by atoms with van der Waals surface area (Å²) in [6, 6.07) is 3.68. The molecular formula is C18H21ClFN5O2. The molecule has 0 bridgehead atoms. The van der Waals surface area contributed by atoms with Crippen molar-refractivity contribution in [2.45, 2.75) is 50.2 Å². The number of ether oxygens (including phenoxy) is 1. The van der Waals surface area contributed by atoms with Crippen LogP contribution in [-0.2, 0) is 9.53 Å². The zero-order chi connectivity index (χ0) is 18.9. The van der Waals surface area contributed by atoms with E-state index in [1.807, 2.05) is 0 Å². The van der Waals surface area contributed by atoms with Crippen LogP contribution in [0.1, 0.15) is 56.0 Å². The van der Waals surface area contributed by atoms with Gasteiger partial charge in [0.05, 0.1) is 10.6 Å². The average Bonchev–Trinajstić information content (AvgIpc) is 3.35. The molecule has 2 fully saturated rings. The number of carbonyl (C=O) groups excluding carboxylic acids is 1. The van der Waals surface area contributed by atoms with Crippen LogP contribution < -0.4 is 5.32 Å². The molecule has 2 heterocycles. The standard InChI is InChI=1S/C18H21ClFN5O2/c19-13-4-3-11(9-14(13)20)15(16-22-24-25-23-16)21-17(26)12-5-8-27-18(10-12)6-1-2-7-18/h3-4,9,12,15H,1-2,5-8,10H2,(H,21,26)(H,22,23,24,25). The van der Waals surface area contributed by atoms with Crippen molar-refractivity contribution in [3.05, 3.63) is 40.4 Å². The molecule has 0 radical (unpaired) electrons. The fraction of sp³-hybridized carbons (Fsp3) is 0.556. The van der Waals surface area contributed by atoms with Crippen LogP contribution in [0.4, 0.5) is 4.39 Å². The van der Waals surface area contributed by atoms with Crippen LogP contribution in [0.15, 0.2) is 18.2 Å². The third-order valence-corrected chi connectivity index (χ3v) is 5.87. The van der Waals surface area contributed by atoms with Gasteiger partial charge < -0.3 is 10.1 Å². The van der Waals surface area contributed by atoms with Crippen molar-refractivity contribution >= 4 is 17.5 Å². The number of rotatable bonds is 4. The normalized spacial score (nSPS) is 22.7. The first kappa shape index (κ1) is 18.3. The summed E-state index contributed by atoms with van der Waals surface area (Å²) >= 11 is 5.78. The van der Waals surface area contributed by atoms with E-state index < -0.39 is 11.9 Å². The minimum absolute atomic E-state index is 0.0181. The van der Waals surface area contributed by atoms with Gasteiger partial charge in [0.1, 0.15) is 11.9 Å². The second-order valence-corrected chi connectivity index (χ2v) is 7.72. The number of halogens is 2. The number of aromatic nitrogens is 4. The van der Waals surface area contributed by atoms with Crippen molar-refractivity contribution in [1.82, 2.24) is 25.9 Å². The zero-order valence-corrected chi connectivity index (χ0v) is 15.5. The summed E-state index contributed by atoms with van der Waals surface area (Å²) in [4.78, 5) is 13.0. The molecule has 27 heavy (non-hydrogen) atoms. The molecule has 2 atom stereocenters. The number of hydrogen-bond donors (Lipinski definition) is 2. The molecule has 9 heteroatoms. The summed E-state index contributed by atoms with van der Waals surface area (Å²) in [5.41, 5.74) is 0.350. The summed E-state index contributed by atoms with van der Waals surface area (Å²) in [5.74, 6) is -0.543. The molecule has 1 aromatic heterocycles. The van der Waals surface area contributed by atoms with Gasteiger partial charge in [0.2, 0.25) is 11.7 Å². The maximum atomic E-state index is 13.9. The number of aromatic amines is 1. The molecule has 2 unspecified atom stereocenters. The van der Waals surface area contributed by atoms with E-state index in [0.29, 0.717) is 25.0 Å². The highest BCUT2D eigenvalue weighted by Gasteiger charge is 2.42. The lowest BCUT2D eigenvalue weighted by atomic mass is 9.84.